The summed E-state index contributed by atoms with van der Waals surface area (Å²) in [7, 11) is 0. The lowest BCUT2D eigenvalue weighted by atomic mass is 10.1. The molecule has 3 rings (SSSR count). The summed E-state index contributed by atoms with van der Waals surface area (Å²) in [6.45, 7) is 3.97. The van der Waals surface area contributed by atoms with Crippen LogP contribution in [-0.2, 0) is 0 Å². The Kier molecular flexibility index (Phi) is 3.11. The second kappa shape index (κ2) is 4.69. The zero-order chi connectivity index (χ0) is 14.4. The lowest BCUT2D eigenvalue weighted by Crippen LogP contribution is -1.93. The summed E-state index contributed by atoms with van der Waals surface area (Å²) >= 11 is 12.1. The average Bonchev–Trinajstić information content (AvgIpc) is 2.71. The van der Waals surface area contributed by atoms with Crippen molar-refractivity contribution >= 4 is 34.5 Å². The van der Waals surface area contributed by atoms with Crippen molar-refractivity contribution in [3.63, 3.8) is 0 Å². The van der Waals surface area contributed by atoms with Crippen LogP contribution in [0.3, 0.4) is 0 Å². The number of nitrogens with zero attached hydrogens (tertiary/aromatic N) is 2. The van der Waals surface area contributed by atoms with Crippen LogP contribution in [0.25, 0.3) is 16.9 Å². The Morgan fingerprint density at radius 2 is 1.90 bits per heavy atom. The minimum absolute atomic E-state index is 0.567. The summed E-state index contributed by atoms with van der Waals surface area (Å²) < 4.78 is 1.91. The maximum Gasteiger partial charge on any atom is 0.161 e. The van der Waals surface area contributed by atoms with Crippen LogP contribution in [-0.4, -0.2) is 9.38 Å². The van der Waals surface area contributed by atoms with Gasteiger partial charge in [0.2, 0.25) is 0 Å². The molecule has 5 heteroatoms. The van der Waals surface area contributed by atoms with Crippen LogP contribution in [0.15, 0.2) is 30.5 Å². The summed E-state index contributed by atoms with van der Waals surface area (Å²) in [6, 6.07) is 7.57. The molecule has 0 aliphatic heterocycles. The molecule has 0 aliphatic rings. The number of rotatable bonds is 1. The first-order chi connectivity index (χ1) is 9.47. The topological polar surface area (TPSA) is 43.3 Å². The third kappa shape index (κ3) is 2.03. The quantitative estimate of drug-likeness (QED) is 0.719. The summed E-state index contributed by atoms with van der Waals surface area (Å²) in [6.07, 6.45) is 1.82. The molecule has 0 amide bonds. The van der Waals surface area contributed by atoms with Crippen molar-refractivity contribution in [3.8, 4) is 11.3 Å². The van der Waals surface area contributed by atoms with Gasteiger partial charge in [-0.25, -0.2) is 4.98 Å². The number of benzene rings is 1. The van der Waals surface area contributed by atoms with Crippen LogP contribution >= 0.6 is 23.2 Å². The number of anilines is 1. The van der Waals surface area contributed by atoms with Crippen molar-refractivity contribution in [1.29, 1.82) is 0 Å². The number of nitrogen functional groups attached to an aromatic ring is 1. The minimum atomic E-state index is 0.567. The van der Waals surface area contributed by atoms with Gasteiger partial charge in [-0.05, 0) is 37.6 Å². The van der Waals surface area contributed by atoms with Gasteiger partial charge in [0.25, 0.3) is 0 Å². The molecule has 0 atom stereocenters. The van der Waals surface area contributed by atoms with Crippen LogP contribution in [0.4, 0.5) is 5.69 Å². The molecule has 2 N–H and O–H groups in total. The molecule has 0 unspecified atom stereocenters. The van der Waals surface area contributed by atoms with Crippen LogP contribution in [0.2, 0.25) is 10.0 Å². The standard InChI is InChI=1S/C15H13Cl2N3/c1-8-5-10(3-4-12(8)17)14-9(2)20-7-11(16)6-13(18)15(20)19-14/h3-7H,18H2,1-2H3. The maximum absolute atomic E-state index is 6.07. The number of nitrogens with two attached hydrogens (primary N) is 1. The van der Waals surface area contributed by atoms with E-state index in [0.717, 1.165) is 33.2 Å². The molecule has 0 spiro atoms. The van der Waals surface area contributed by atoms with E-state index in [1.165, 1.54) is 0 Å². The van der Waals surface area contributed by atoms with E-state index >= 15 is 0 Å². The molecule has 3 nitrogen and oxygen atoms in total. The highest BCUT2D eigenvalue weighted by Gasteiger charge is 2.13. The monoisotopic (exact) mass is 305 g/mol. The maximum atomic E-state index is 6.07. The van der Waals surface area contributed by atoms with Gasteiger partial charge >= 0.3 is 0 Å². The van der Waals surface area contributed by atoms with Crippen molar-refractivity contribution in [3.05, 3.63) is 51.8 Å². The Labute approximate surface area is 127 Å². The zero-order valence-corrected chi connectivity index (χ0v) is 12.6. The van der Waals surface area contributed by atoms with E-state index in [4.69, 9.17) is 28.9 Å². The number of hydrogen-bond acceptors (Lipinski definition) is 2. The fraction of sp³-hybridized carbons (Fsp3) is 0.133. The summed E-state index contributed by atoms with van der Waals surface area (Å²) in [4.78, 5) is 4.63. The largest absolute Gasteiger partial charge is 0.396 e. The Balaban J connectivity index is 2.29. The molecule has 2 aromatic heterocycles. The summed E-state index contributed by atoms with van der Waals surface area (Å²) in [5.41, 5.74) is 11.2. The fourth-order valence-electron chi connectivity index (χ4n) is 2.31. The van der Waals surface area contributed by atoms with Gasteiger partial charge in [-0.3, -0.25) is 0 Å². The molecule has 0 bridgehead atoms. The smallest absolute Gasteiger partial charge is 0.161 e. The van der Waals surface area contributed by atoms with Gasteiger partial charge in [0.05, 0.1) is 16.4 Å². The predicted octanol–water partition coefficient (Wildman–Crippen LogP) is 4.51. The first-order valence-corrected chi connectivity index (χ1v) is 6.93. The van der Waals surface area contributed by atoms with Gasteiger partial charge < -0.3 is 10.1 Å². The number of fused-ring (bicyclic) bond motifs is 1. The Morgan fingerprint density at radius 1 is 1.15 bits per heavy atom. The van der Waals surface area contributed by atoms with Crippen molar-refractivity contribution in [2.45, 2.75) is 13.8 Å². The Hall–Kier alpha value is -1.71. The molecule has 0 saturated carbocycles. The molecule has 0 radical (unpaired) electrons. The van der Waals surface area contributed by atoms with Gasteiger partial charge in [-0.15, -0.1) is 0 Å². The van der Waals surface area contributed by atoms with Gasteiger partial charge in [0.1, 0.15) is 0 Å². The third-order valence-corrected chi connectivity index (χ3v) is 4.02. The van der Waals surface area contributed by atoms with E-state index in [1.54, 1.807) is 6.07 Å². The predicted molar refractivity (Wildman–Crippen MR) is 84.5 cm³/mol. The third-order valence-electron chi connectivity index (χ3n) is 3.39. The average molecular weight is 306 g/mol. The number of hydrogen-bond donors (Lipinski definition) is 1. The molecule has 0 saturated heterocycles. The highest BCUT2D eigenvalue weighted by molar-refractivity contribution is 6.31. The van der Waals surface area contributed by atoms with Crippen LogP contribution in [0, 0.1) is 13.8 Å². The first kappa shape index (κ1) is 13.3. The highest BCUT2D eigenvalue weighted by atomic mass is 35.5. The minimum Gasteiger partial charge on any atom is -0.396 e. The molecular formula is C15H13Cl2N3. The molecule has 0 aliphatic carbocycles. The number of aryl methyl sites for hydroxylation is 2. The first-order valence-electron chi connectivity index (χ1n) is 6.17. The van der Waals surface area contributed by atoms with E-state index in [2.05, 4.69) is 4.98 Å². The lowest BCUT2D eigenvalue weighted by Gasteiger charge is -2.03. The van der Waals surface area contributed by atoms with Gasteiger partial charge in [-0.1, -0.05) is 29.3 Å². The molecule has 2 heterocycles. The van der Waals surface area contributed by atoms with Crippen molar-refractivity contribution < 1.29 is 0 Å². The van der Waals surface area contributed by atoms with Gasteiger partial charge in [0.15, 0.2) is 5.65 Å². The van der Waals surface area contributed by atoms with Crippen LogP contribution in [0.1, 0.15) is 11.3 Å². The van der Waals surface area contributed by atoms with Gasteiger partial charge in [-0.2, -0.15) is 0 Å². The van der Waals surface area contributed by atoms with Crippen molar-refractivity contribution in [2.75, 3.05) is 5.73 Å². The normalized spacial score (nSPS) is 11.2. The number of aromatic nitrogens is 2. The van der Waals surface area contributed by atoms with Crippen LogP contribution in [0.5, 0.6) is 0 Å². The molecule has 20 heavy (non-hydrogen) atoms. The Bertz CT molecular complexity index is 822. The lowest BCUT2D eigenvalue weighted by molar-refractivity contribution is 1.11. The molecule has 0 fully saturated rings. The van der Waals surface area contributed by atoms with Crippen molar-refractivity contribution in [2.24, 2.45) is 0 Å². The summed E-state index contributed by atoms with van der Waals surface area (Å²) in [5.74, 6) is 0. The van der Waals surface area contributed by atoms with E-state index < -0.39 is 0 Å². The number of halogens is 2. The molecule has 3 aromatic rings. The number of pyridine rings is 1. The highest BCUT2D eigenvalue weighted by Crippen LogP contribution is 2.30. The van der Waals surface area contributed by atoms with E-state index in [9.17, 15) is 0 Å². The number of imidazole rings is 1. The second-order valence-electron chi connectivity index (χ2n) is 4.82. The van der Waals surface area contributed by atoms with E-state index in [-0.39, 0.29) is 0 Å². The molecule has 1 aromatic carbocycles. The van der Waals surface area contributed by atoms with E-state index in [1.807, 2.05) is 42.6 Å². The molecule has 102 valence electrons. The van der Waals surface area contributed by atoms with Crippen LogP contribution < -0.4 is 5.73 Å². The van der Waals surface area contributed by atoms with Crippen molar-refractivity contribution in [1.82, 2.24) is 9.38 Å². The zero-order valence-electron chi connectivity index (χ0n) is 11.1. The second-order valence-corrected chi connectivity index (χ2v) is 5.66. The molecular weight excluding hydrogens is 293 g/mol. The fourth-order valence-corrected chi connectivity index (χ4v) is 2.65. The van der Waals surface area contributed by atoms with Gasteiger partial charge in [0, 0.05) is 22.5 Å². The van der Waals surface area contributed by atoms with E-state index in [0.29, 0.717) is 10.7 Å². The summed E-state index contributed by atoms with van der Waals surface area (Å²) in [5, 5.41) is 1.34. The SMILES string of the molecule is Cc1cc(-c2nc3c(N)cc(Cl)cn3c2C)ccc1Cl. The Morgan fingerprint density at radius 3 is 2.60 bits per heavy atom.